The van der Waals surface area contributed by atoms with Crippen molar-refractivity contribution in [2.24, 2.45) is 0 Å². The topological polar surface area (TPSA) is 18.5 Å². The van der Waals surface area contributed by atoms with Crippen LogP contribution in [0, 0.1) is 0 Å². The first kappa shape index (κ1) is 10.6. The number of fused-ring (bicyclic) bond motifs is 1. The quantitative estimate of drug-likeness (QED) is 0.786. The Morgan fingerprint density at radius 3 is 2.41 bits per heavy atom. The van der Waals surface area contributed by atoms with E-state index in [9.17, 15) is 0 Å². The highest BCUT2D eigenvalue weighted by Gasteiger charge is 2.35. The van der Waals surface area contributed by atoms with Crippen LogP contribution >= 0.6 is 0 Å². The second-order valence-corrected chi connectivity index (χ2v) is 4.98. The molecule has 1 aliphatic heterocycles. The molecule has 88 valence electrons. The van der Waals surface area contributed by atoms with Gasteiger partial charge in [-0.3, -0.25) is 0 Å². The zero-order valence-electron chi connectivity index (χ0n) is 10.2. The van der Waals surface area contributed by atoms with E-state index in [-0.39, 0.29) is 5.41 Å². The van der Waals surface area contributed by atoms with E-state index in [1.807, 2.05) is 6.07 Å². The third-order valence-electron chi connectivity index (χ3n) is 3.59. The molecule has 17 heavy (non-hydrogen) atoms. The lowest BCUT2D eigenvalue weighted by Gasteiger charge is -2.38. The number of hydrogen-bond donors (Lipinski definition) is 0. The van der Waals surface area contributed by atoms with Crippen molar-refractivity contribution in [3.05, 3.63) is 42.0 Å². The predicted octanol–water partition coefficient (Wildman–Crippen LogP) is 3.14. The second kappa shape index (κ2) is 3.74. The maximum atomic E-state index is 5.32. The Balaban J connectivity index is 2.07. The van der Waals surface area contributed by atoms with Gasteiger partial charge in [0.15, 0.2) is 0 Å². The number of methoxy groups -OCH3 is 1. The molecular weight excluding hydrogens is 212 g/mol. The maximum absolute atomic E-state index is 5.32. The van der Waals surface area contributed by atoms with E-state index in [1.165, 1.54) is 16.3 Å². The molecular formula is C15H16O2. The summed E-state index contributed by atoms with van der Waals surface area (Å²) < 4.78 is 10.6. The first-order chi connectivity index (χ1) is 8.21. The van der Waals surface area contributed by atoms with Crippen molar-refractivity contribution in [1.82, 2.24) is 0 Å². The van der Waals surface area contributed by atoms with Crippen molar-refractivity contribution >= 4 is 10.8 Å². The Hall–Kier alpha value is -1.54. The Morgan fingerprint density at radius 2 is 1.76 bits per heavy atom. The summed E-state index contributed by atoms with van der Waals surface area (Å²) in [4.78, 5) is 0. The van der Waals surface area contributed by atoms with E-state index in [0.717, 1.165) is 19.0 Å². The highest BCUT2D eigenvalue weighted by molar-refractivity contribution is 5.84. The van der Waals surface area contributed by atoms with Gasteiger partial charge in [-0.15, -0.1) is 0 Å². The first-order valence-electron chi connectivity index (χ1n) is 5.87. The van der Waals surface area contributed by atoms with Gasteiger partial charge in [0.25, 0.3) is 0 Å². The standard InChI is InChI=1S/C15H16O2/c1-15(9-17-10-15)13-5-3-12-8-14(16-2)6-4-11(12)7-13/h3-8H,9-10H2,1-2H3. The highest BCUT2D eigenvalue weighted by Crippen LogP contribution is 2.33. The van der Waals surface area contributed by atoms with Gasteiger partial charge in [0.1, 0.15) is 5.75 Å². The van der Waals surface area contributed by atoms with E-state index >= 15 is 0 Å². The van der Waals surface area contributed by atoms with E-state index in [0.29, 0.717) is 0 Å². The van der Waals surface area contributed by atoms with Crippen molar-refractivity contribution in [3.8, 4) is 5.75 Å². The van der Waals surface area contributed by atoms with Crippen LogP contribution in [-0.2, 0) is 10.2 Å². The summed E-state index contributed by atoms with van der Waals surface area (Å²) in [5.74, 6) is 0.906. The van der Waals surface area contributed by atoms with Gasteiger partial charge < -0.3 is 9.47 Å². The largest absolute Gasteiger partial charge is 0.497 e. The van der Waals surface area contributed by atoms with Gasteiger partial charge >= 0.3 is 0 Å². The molecule has 0 spiro atoms. The van der Waals surface area contributed by atoms with Crippen molar-refractivity contribution < 1.29 is 9.47 Å². The van der Waals surface area contributed by atoms with Crippen LogP contribution in [0.5, 0.6) is 5.75 Å². The third kappa shape index (κ3) is 1.69. The number of benzene rings is 2. The first-order valence-corrected chi connectivity index (χ1v) is 5.87. The van der Waals surface area contributed by atoms with Crippen LogP contribution in [0.2, 0.25) is 0 Å². The van der Waals surface area contributed by atoms with Crippen molar-refractivity contribution in [2.75, 3.05) is 20.3 Å². The minimum Gasteiger partial charge on any atom is -0.497 e. The molecule has 1 aliphatic rings. The van der Waals surface area contributed by atoms with E-state index in [1.54, 1.807) is 7.11 Å². The molecule has 2 aromatic rings. The van der Waals surface area contributed by atoms with Crippen LogP contribution in [0.15, 0.2) is 36.4 Å². The van der Waals surface area contributed by atoms with Gasteiger partial charge in [-0.05, 0) is 28.5 Å². The number of ether oxygens (including phenoxy) is 2. The average molecular weight is 228 g/mol. The van der Waals surface area contributed by atoms with Crippen molar-refractivity contribution in [1.29, 1.82) is 0 Å². The normalized spacial score (nSPS) is 17.8. The van der Waals surface area contributed by atoms with Gasteiger partial charge in [-0.25, -0.2) is 0 Å². The molecule has 1 heterocycles. The molecule has 2 heteroatoms. The number of rotatable bonds is 2. The Kier molecular flexibility index (Phi) is 2.33. The van der Waals surface area contributed by atoms with Crippen LogP contribution in [0.3, 0.4) is 0 Å². The zero-order chi connectivity index (χ0) is 11.9. The Labute approximate surface area is 101 Å². The van der Waals surface area contributed by atoms with Crippen LogP contribution in [-0.4, -0.2) is 20.3 Å². The van der Waals surface area contributed by atoms with Gasteiger partial charge in [0.05, 0.1) is 20.3 Å². The molecule has 0 unspecified atom stereocenters. The van der Waals surface area contributed by atoms with Crippen LogP contribution in [0.1, 0.15) is 12.5 Å². The molecule has 1 saturated heterocycles. The second-order valence-electron chi connectivity index (χ2n) is 4.98. The van der Waals surface area contributed by atoms with Crippen molar-refractivity contribution in [2.45, 2.75) is 12.3 Å². The Morgan fingerprint density at radius 1 is 1.06 bits per heavy atom. The van der Waals surface area contributed by atoms with Crippen LogP contribution in [0.4, 0.5) is 0 Å². The molecule has 2 nitrogen and oxygen atoms in total. The molecule has 2 aromatic carbocycles. The van der Waals surface area contributed by atoms with E-state index in [4.69, 9.17) is 9.47 Å². The van der Waals surface area contributed by atoms with Gasteiger partial charge in [-0.2, -0.15) is 0 Å². The summed E-state index contributed by atoms with van der Waals surface area (Å²) in [6, 6.07) is 12.8. The zero-order valence-corrected chi connectivity index (χ0v) is 10.2. The molecule has 0 amide bonds. The van der Waals surface area contributed by atoms with Gasteiger partial charge in [-0.1, -0.05) is 31.2 Å². The van der Waals surface area contributed by atoms with Crippen molar-refractivity contribution in [3.63, 3.8) is 0 Å². The van der Waals surface area contributed by atoms with Gasteiger partial charge in [0.2, 0.25) is 0 Å². The van der Waals surface area contributed by atoms with E-state index in [2.05, 4.69) is 37.3 Å². The van der Waals surface area contributed by atoms with Crippen LogP contribution < -0.4 is 4.74 Å². The minimum atomic E-state index is 0.202. The van der Waals surface area contributed by atoms with Gasteiger partial charge in [0, 0.05) is 5.41 Å². The smallest absolute Gasteiger partial charge is 0.119 e. The summed E-state index contributed by atoms with van der Waals surface area (Å²) in [5.41, 5.74) is 1.56. The Bertz CT molecular complexity index is 556. The lowest BCUT2D eigenvalue weighted by molar-refractivity contribution is -0.0499. The molecule has 0 atom stereocenters. The highest BCUT2D eigenvalue weighted by atomic mass is 16.5. The monoisotopic (exact) mass is 228 g/mol. The summed E-state index contributed by atoms with van der Waals surface area (Å²) >= 11 is 0. The summed E-state index contributed by atoms with van der Waals surface area (Å²) in [6.07, 6.45) is 0. The third-order valence-corrected chi connectivity index (χ3v) is 3.59. The molecule has 0 radical (unpaired) electrons. The lowest BCUT2D eigenvalue weighted by Crippen LogP contribution is -2.43. The van der Waals surface area contributed by atoms with Crippen LogP contribution in [0.25, 0.3) is 10.8 Å². The molecule has 0 saturated carbocycles. The fraction of sp³-hybridized carbons (Fsp3) is 0.333. The van der Waals surface area contributed by atoms with E-state index < -0.39 is 0 Å². The maximum Gasteiger partial charge on any atom is 0.119 e. The molecule has 1 fully saturated rings. The SMILES string of the molecule is COc1ccc2cc(C3(C)COC3)ccc2c1. The minimum absolute atomic E-state index is 0.202. The summed E-state index contributed by atoms with van der Waals surface area (Å²) in [7, 11) is 1.70. The molecule has 0 aliphatic carbocycles. The molecule has 0 aromatic heterocycles. The number of hydrogen-bond acceptors (Lipinski definition) is 2. The summed E-state index contributed by atoms with van der Waals surface area (Å²) in [6.45, 7) is 3.91. The fourth-order valence-corrected chi connectivity index (χ4v) is 2.30. The molecule has 0 bridgehead atoms. The predicted molar refractivity (Wildman–Crippen MR) is 68.7 cm³/mol. The summed E-state index contributed by atoms with van der Waals surface area (Å²) in [5, 5.41) is 2.48. The fourth-order valence-electron chi connectivity index (χ4n) is 2.30. The average Bonchev–Trinajstić information content (AvgIpc) is 2.34. The molecule has 0 N–H and O–H groups in total. The molecule has 3 rings (SSSR count). The lowest BCUT2D eigenvalue weighted by atomic mass is 9.80.